The number of hydrogen-bond donors (Lipinski definition) is 1. The molecule has 1 N–H and O–H groups in total. The van der Waals surface area contributed by atoms with Crippen molar-refractivity contribution in [2.24, 2.45) is 0 Å². The van der Waals surface area contributed by atoms with Gasteiger partial charge in [0, 0.05) is 6.54 Å². The molecule has 1 amide bonds. The van der Waals surface area contributed by atoms with Gasteiger partial charge in [-0.1, -0.05) is 17.4 Å². The van der Waals surface area contributed by atoms with E-state index in [4.69, 9.17) is 9.47 Å². The van der Waals surface area contributed by atoms with Gasteiger partial charge in [0.1, 0.15) is 6.33 Å². The fourth-order valence-electron chi connectivity index (χ4n) is 1.96. The average molecular weight is 303 g/mol. The first kappa shape index (κ1) is 12.1. The van der Waals surface area contributed by atoms with Gasteiger partial charge < -0.3 is 14.8 Å². The molecule has 0 aliphatic carbocycles. The normalized spacial score (nSPS) is 12.8. The number of fused-ring (bicyclic) bond motifs is 2. The molecule has 0 atom stereocenters. The number of amides is 1. The Morgan fingerprint density at radius 3 is 3.19 bits per heavy atom. The Bertz CT molecular complexity index is 799. The van der Waals surface area contributed by atoms with Crippen LogP contribution in [0.5, 0.6) is 11.5 Å². The Hall–Kier alpha value is -2.68. The lowest BCUT2D eigenvalue weighted by molar-refractivity contribution is 0.0949. The lowest BCUT2D eigenvalue weighted by Crippen LogP contribution is -2.22. The number of carbonyl (C=O) groups excluding carboxylic acids is 1. The minimum Gasteiger partial charge on any atom is -0.454 e. The first-order valence-electron chi connectivity index (χ1n) is 6.13. The summed E-state index contributed by atoms with van der Waals surface area (Å²) in [6.45, 7) is 0.619. The number of benzene rings is 1. The van der Waals surface area contributed by atoms with Gasteiger partial charge in [0.25, 0.3) is 5.91 Å². The molecule has 0 unspecified atom stereocenters. The summed E-state index contributed by atoms with van der Waals surface area (Å²) in [5.41, 5.74) is 0.926. The van der Waals surface area contributed by atoms with E-state index in [-0.39, 0.29) is 12.7 Å². The second-order valence-electron chi connectivity index (χ2n) is 4.34. The third-order valence-electron chi connectivity index (χ3n) is 2.97. The van der Waals surface area contributed by atoms with Crippen molar-refractivity contribution >= 4 is 22.2 Å². The molecule has 9 heteroatoms. The van der Waals surface area contributed by atoms with Crippen LogP contribution in [0.1, 0.15) is 15.4 Å². The number of nitrogens with zero attached hydrogens (tertiary/aromatic N) is 4. The third kappa shape index (κ3) is 2.17. The number of ether oxygens (including phenoxy) is 2. The number of aromatic nitrogens is 4. The molecular formula is C12H9N5O3S. The second kappa shape index (κ2) is 4.70. The summed E-state index contributed by atoms with van der Waals surface area (Å²) in [6, 6.07) is 5.56. The van der Waals surface area contributed by atoms with E-state index in [2.05, 4.69) is 20.6 Å². The van der Waals surface area contributed by atoms with E-state index in [1.807, 2.05) is 18.2 Å². The van der Waals surface area contributed by atoms with Crippen LogP contribution in [0.15, 0.2) is 24.5 Å². The van der Waals surface area contributed by atoms with E-state index in [1.165, 1.54) is 22.2 Å². The quantitative estimate of drug-likeness (QED) is 0.771. The van der Waals surface area contributed by atoms with Crippen LogP contribution in [0.3, 0.4) is 0 Å². The monoisotopic (exact) mass is 303 g/mol. The molecule has 1 aromatic carbocycles. The molecule has 0 saturated heterocycles. The van der Waals surface area contributed by atoms with E-state index >= 15 is 0 Å². The van der Waals surface area contributed by atoms with Crippen molar-refractivity contribution < 1.29 is 14.3 Å². The molecule has 0 fully saturated rings. The van der Waals surface area contributed by atoms with Crippen LogP contribution in [-0.4, -0.2) is 32.5 Å². The Balaban J connectivity index is 1.46. The summed E-state index contributed by atoms with van der Waals surface area (Å²) in [6.07, 6.45) is 1.46. The van der Waals surface area contributed by atoms with Crippen molar-refractivity contribution in [3.8, 4) is 11.5 Å². The number of carbonyl (C=O) groups is 1. The van der Waals surface area contributed by atoms with Crippen molar-refractivity contribution in [3.63, 3.8) is 0 Å². The number of rotatable bonds is 3. The van der Waals surface area contributed by atoms with Crippen molar-refractivity contribution in [1.29, 1.82) is 0 Å². The largest absolute Gasteiger partial charge is 0.454 e. The van der Waals surface area contributed by atoms with E-state index in [9.17, 15) is 4.79 Å². The van der Waals surface area contributed by atoms with Crippen molar-refractivity contribution in [1.82, 2.24) is 25.1 Å². The third-order valence-corrected chi connectivity index (χ3v) is 3.88. The highest BCUT2D eigenvalue weighted by molar-refractivity contribution is 7.18. The lowest BCUT2D eigenvalue weighted by Gasteiger charge is -2.04. The fourth-order valence-corrected chi connectivity index (χ4v) is 2.70. The maximum Gasteiger partial charge on any atom is 0.282 e. The van der Waals surface area contributed by atoms with Crippen LogP contribution < -0.4 is 14.8 Å². The van der Waals surface area contributed by atoms with Crippen LogP contribution >= 0.6 is 11.3 Å². The molecule has 3 heterocycles. The molecule has 4 rings (SSSR count). The molecule has 0 saturated carbocycles. The predicted molar refractivity (Wildman–Crippen MR) is 72.4 cm³/mol. The van der Waals surface area contributed by atoms with Crippen LogP contribution in [0.4, 0.5) is 0 Å². The van der Waals surface area contributed by atoms with Gasteiger partial charge in [-0.05, 0) is 17.7 Å². The fraction of sp³-hybridized carbons (Fsp3) is 0.167. The average Bonchev–Trinajstić information content (AvgIpc) is 3.18. The predicted octanol–water partition coefficient (Wildman–Crippen LogP) is 0.844. The zero-order valence-electron chi connectivity index (χ0n) is 10.6. The van der Waals surface area contributed by atoms with Crippen LogP contribution in [0.2, 0.25) is 0 Å². The standard InChI is InChI=1S/C12H9N5O3S/c18-10(11-16-17-5-14-15-12(17)21-11)13-4-7-1-2-8-9(3-7)20-6-19-8/h1-3,5H,4,6H2,(H,13,18). The lowest BCUT2D eigenvalue weighted by atomic mass is 10.2. The highest BCUT2D eigenvalue weighted by Crippen LogP contribution is 2.32. The van der Waals surface area contributed by atoms with Gasteiger partial charge in [-0.3, -0.25) is 4.79 Å². The Labute approximate surface area is 122 Å². The van der Waals surface area contributed by atoms with Gasteiger partial charge in [0.2, 0.25) is 16.8 Å². The van der Waals surface area contributed by atoms with E-state index < -0.39 is 0 Å². The maximum atomic E-state index is 12.0. The molecule has 0 radical (unpaired) electrons. The van der Waals surface area contributed by atoms with Crippen LogP contribution in [0.25, 0.3) is 4.96 Å². The molecule has 21 heavy (non-hydrogen) atoms. The van der Waals surface area contributed by atoms with Gasteiger partial charge in [0.15, 0.2) is 11.5 Å². The summed E-state index contributed by atoms with van der Waals surface area (Å²) >= 11 is 1.19. The molecule has 1 aliphatic heterocycles. The number of nitrogens with one attached hydrogen (secondary N) is 1. The van der Waals surface area contributed by atoms with Gasteiger partial charge in [-0.15, -0.1) is 15.3 Å². The Kier molecular flexibility index (Phi) is 2.71. The van der Waals surface area contributed by atoms with Crippen molar-refractivity contribution in [3.05, 3.63) is 35.1 Å². The molecule has 2 aromatic heterocycles. The molecular weight excluding hydrogens is 294 g/mol. The molecule has 8 nitrogen and oxygen atoms in total. The highest BCUT2D eigenvalue weighted by atomic mass is 32.1. The SMILES string of the molecule is O=C(NCc1ccc2c(c1)OCO2)c1nn2cnnc2s1. The topological polar surface area (TPSA) is 90.6 Å². The first-order chi connectivity index (χ1) is 10.3. The second-order valence-corrected chi connectivity index (χ2v) is 5.29. The van der Waals surface area contributed by atoms with Crippen LogP contribution in [-0.2, 0) is 6.54 Å². The summed E-state index contributed by atoms with van der Waals surface area (Å²) in [7, 11) is 0. The van der Waals surface area contributed by atoms with E-state index in [0.29, 0.717) is 22.3 Å². The smallest absolute Gasteiger partial charge is 0.282 e. The zero-order chi connectivity index (χ0) is 14.2. The summed E-state index contributed by atoms with van der Waals surface area (Å²) in [5.74, 6) is 1.17. The van der Waals surface area contributed by atoms with Crippen molar-refractivity contribution in [2.45, 2.75) is 6.54 Å². The summed E-state index contributed by atoms with van der Waals surface area (Å²) in [5, 5.41) is 14.8. The van der Waals surface area contributed by atoms with E-state index in [1.54, 1.807) is 0 Å². The van der Waals surface area contributed by atoms with Gasteiger partial charge >= 0.3 is 0 Å². The minimum absolute atomic E-state index is 0.234. The number of hydrogen-bond acceptors (Lipinski definition) is 7. The Morgan fingerprint density at radius 2 is 2.29 bits per heavy atom. The Morgan fingerprint density at radius 1 is 1.38 bits per heavy atom. The molecule has 1 aliphatic rings. The summed E-state index contributed by atoms with van der Waals surface area (Å²) in [4.78, 5) is 12.6. The molecule has 0 spiro atoms. The summed E-state index contributed by atoms with van der Waals surface area (Å²) < 4.78 is 12.0. The molecule has 0 bridgehead atoms. The molecule has 106 valence electrons. The van der Waals surface area contributed by atoms with Crippen molar-refractivity contribution in [2.75, 3.05) is 6.79 Å². The maximum absolute atomic E-state index is 12.0. The van der Waals surface area contributed by atoms with Gasteiger partial charge in [-0.2, -0.15) is 4.52 Å². The molecule has 3 aromatic rings. The minimum atomic E-state index is -0.247. The first-order valence-corrected chi connectivity index (χ1v) is 6.95. The highest BCUT2D eigenvalue weighted by Gasteiger charge is 2.15. The zero-order valence-corrected chi connectivity index (χ0v) is 11.5. The van der Waals surface area contributed by atoms with Gasteiger partial charge in [0.05, 0.1) is 0 Å². The van der Waals surface area contributed by atoms with Gasteiger partial charge in [-0.25, -0.2) is 0 Å². The van der Waals surface area contributed by atoms with E-state index in [0.717, 1.165) is 11.3 Å². The van der Waals surface area contributed by atoms with Crippen LogP contribution in [0, 0.1) is 0 Å².